The lowest BCUT2D eigenvalue weighted by molar-refractivity contribution is 0.837. The number of benzene rings is 1. The number of nitrogens with two attached hydrogens (primary N) is 1. The van der Waals surface area contributed by atoms with E-state index in [0.717, 1.165) is 17.3 Å². The topological polar surface area (TPSA) is 99.6 Å². The number of nitrogen functional groups attached to an aromatic ring is 1. The van der Waals surface area contributed by atoms with Crippen LogP contribution in [-0.2, 0) is 6.42 Å². The van der Waals surface area contributed by atoms with Gasteiger partial charge in [0.2, 0.25) is 0 Å². The maximum atomic E-state index is 9.18. The lowest BCUT2D eigenvalue weighted by Gasteiger charge is -2.10. The Hall–Kier alpha value is -2.17. The minimum atomic E-state index is 0.530. The van der Waals surface area contributed by atoms with Crippen LogP contribution in [0.25, 0.3) is 0 Å². The minimum absolute atomic E-state index is 0.530. The van der Waals surface area contributed by atoms with Crippen molar-refractivity contribution in [2.75, 3.05) is 10.7 Å². The van der Waals surface area contributed by atoms with Crippen LogP contribution < -0.4 is 16.6 Å². The van der Waals surface area contributed by atoms with Gasteiger partial charge in [-0.2, -0.15) is 5.26 Å². The molecule has 2 aromatic rings. The molecule has 2 rings (SSSR count). The quantitative estimate of drug-likeness (QED) is 0.568. The lowest BCUT2D eigenvalue weighted by atomic mass is 10.2. The van der Waals surface area contributed by atoms with Crippen molar-refractivity contribution in [3.05, 3.63) is 40.1 Å². The zero-order valence-electron chi connectivity index (χ0n) is 11.5. The number of aryl methyl sites for hydroxylation is 1. The molecule has 0 aliphatic rings. The molecule has 21 heavy (non-hydrogen) atoms. The van der Waals surface area contributed by atoms with Crippen molar-refractivity contribution in [2.45, 2.75) is 19.8 Å². The summed E-state index contributed by atoms with van der Waals surface area (Å²) in [4.78, 5) is 8.71. The standard InChI is InChI=1S/C14H15BrN6/c1-2-3-12-19-13(7-14(20-12)21-17)18-11-5-4-10(15)6-9(11)8-16/h4-7H,2-3,17H2,1H3,(H2,18,19,20,21). The second-order valence-electron chi connectivity index (χ2n) is 4.38. The highest BCUT2D eigenvalue weighted by atomic mass is 79.9. The first kappa shape index (κ1) is 15.2. The summed E-state index contributed by atoms with van der Waals surface area (Å²) in [6.07, 6.45) is 1.70. The first-order chi connectivity index (χ1) is 10.2. The molecule has 0 aliphatic heterocycles. The molecule has 0 aliphatic carbocycles. The average molecular weight is 347 g/mol. The molecule has 0 spiro atoms. The fourth-order valence-corrected chi connectivity index (χ4v) is 2.19. The third-order valence-electron chi connectivity index (χ3n) is 2.76. The van der Waals surface area contributed by atoms with Crippen molar-refractivity contribution in [1.82, 2.24) is 9.97 Å². The Morgan fingerprint density at radius 3 is 2.71 bits per heavy atom. The van der Waals surface area contributed by atoms with E-state index in [1.165, 1.54) is 0 Å². The van der Waals surface area contributed by atoms with E-state index in [1.54, 1.807) is 12.1 Å². The number of halogens is 1. The summed E-state index contributed by atoms with van der Waals surface area (Å²) in [7, 11) is 0. The molecule has 1 heterocycles. The van der Waals surface area contributed by atoms with E-state index in [9.17, 15) is 5.26 Å². The zero-order valence-corrected chi connectivity index (χ0v) is 13.1. The van der Waals surface area contributed by atoms with Crippen molar-refractivity contribution in [3.8, 4) is 6.07 Å². The van der Waals surface area contributed by atoms with Crippen molar-refractivity contribution < 1.29 is 0 Å². The van der Waals surface area contributed by atoms with E-state index in [1.807, 2.05) is 12.1 Å². The van der Waals surface area contributed by atoms with Gasteiger partial charge in [0, 0.05) is 17.0 Å². The lowest BCUT2D eigenvalue weighted by Crippen LogP contribution is -2.11. The Labute approximate surface area is 131 Å². The summed E-state index contributed by atoms with van der Waals surface area (Å²) in [6.45, 7) is 2.06. The third kappa shape index (κ3) is 3.90. The van der Waals surface area contributed by atoms with E-state index >= 15 is 0 Å². The first-order valence-electron chi connectivity index (χ1n) is 6.47. The van der Waals surface area contributed by atoms with Gasteiger partial charge in [-0.3, -0.25) is 0 Å². The molecular weight excluding hydrogens is 332 g/mol. The molecule has 0 amide bonds. The van der Waals surface area contributed by atoms with Gasteiger partial charge in [0.1, 0.15) is 23.5 Å². The second-order valence-corrected chi connectivity index (χ2v) is 5.29. The summed E-state index contributed by atoms with van der Waals surface area (Å²) in [5.41, 5.74) is 3.74. The second kappa shape index (κ2) is 7.02. The van der Waals surface area contributed by atoms with Gasteiger partial charge >= 0.3 is 0 Å². The Morgan fingerprint density at radius 1 is 1.29 bits per heavy atom. The average Bonchev–Trinajstić information content (AvgIpc) is 2.49. The number of hydrogen-bond acceptors (Lipinski definition) is 6. The summed E-state index contributed by atoms with van der Waals surface area (Å²) in [5, 5.41) is 12.3. The van der Waals surface area contributed by atoms with Crippen LogP contribution in [-0.4, -0.2) is 9.97 Å². The predicted molar refractivity (Wildman–Crippen MR) is 86.0 cm³/mol. The number of nitrogens with zero attached hydrogens (tertiary/aromatic N) is 3. The molecule has 0 atom stereocenters. The Morgan fingerprint density at radius 2 is 2.05 bits per heavy atom. The number of hydrazine groups is 1. The van der Waals surface area contributed by atoms with Crippen LogP contribution >= 0.6 is 15.9 Å². The molecule has 0 unspecified atom stereocenters. The van der Waals surface area contributed by atoms with Crippen molar-refractivity contribution in [1.29, 1.82) is 5.26 Å². The van der Waals surface area contributed by atoms with Gasteiger partial charge in [-0.25, -0.2) is 15.8 Å². The highest BCUT2D eigenvalue weighted by Gasteiger charge is 2.07. The van der Waals surface area contributed by atoms with Crippen LogP contribution in [0.2, 0.25) is 0 Å². The van der Waals surface area contributed by atoms with Gasteiger partial charge in [-0.1, -0.05) is 22.9 Å². The van der Waals surface area contributed by atoms with Crippen molar-refractivity contribution >= 4 is 33.3 Å². The number of nitrogens with one attached hydrogen (secondary N) is 2. The van der Waals surface area contributed by atoms with Gasteiger partial charge < -0.3 is 10.7 Å². The summed E-state index contributed by atoms with van der Waals surface area (Å²) in [6, 6.07) is 9.27. The van der Waals surface area contributed by atoms with Crippen LogP contribution in [0.4, 0.5) is 17.3 Å². The van der Waals surface area contributed by atoms with E-state index in [4.69, 9.17) is 5.84 Å². The van der Waals surface area contributed by atoms with Gasteiger partial charge in [-0.15, -0.1) is 0 Å². The summed E-state index contributed by atoms with van der Waals surface area (Å²) < 4.78 is 0.850. The van der Waals surface area contributed by atoms with Gasteiger partial charge in [-0.05, 0) is 24.6 Å². The van der Waals surface area contributed by atoms with Gasteiger partial charge in [0.05, 0.1) is 11.3 Å². The fraction of sp³-hybridized carbons (Fsp3) is 0.214. The van der Waals surface area contributed by atoms with E-state index in [0.29, 0.717) is 28.7 Å². The van der Waals surface area contributed by atoms with Crippen LogP contribution in [0.1, 0.15) is 24.7 Å². The molecule has 6 nitrogen and oxygen atoms in total. The third-order valence-corrected chi connectivity index (χ3v) is 3.25. The summed E-state index contributed by atoms with van der Waals surface area (Å²) in [5.74, 6) is 7.26. The van der Waals surface area contributed by atoms with Crippen LogP contribution in [0.15, 0.2) is 28.7 Å². The highest BCUT2D eigenvalue weighted by Crippen LogP contribution is 2.24. The van der Waals surface area contributed by atoms with Crippen molar-refractivity contribution in [3.63, 3.8) is 0 Å². The number of rotatable bonds is 5. The van der Waals surface area contributed by atoms with E-state index in [-0.39, 0.29) is 0 Å². The maximum Gasteiger partial charge on any atom is 0.145 e. The van der Waals surface area contributed by atoms with E-state index < -0.39 is 0 Å². The van der Waals surface area contributed by atoms with Gasteiger partial charge in [0.15, 0.2) is 0 Å². The predicted octanol–water partition coefficient (Wildman–Crippen LogP) is 3.09. The molecule has 0 fully saturated rings. The van der Waals surface area contributed by atoms with Gasteiger partial charge in [0.25, 0.3) is 0 Å². The molecular formula is C14H15BrN6. The molecule has 0 saturated carbocycles. The minimum Gasteiger partial charge on any atom is -0.339 e. The van der Waals surface area contributed by atoms with Crippen LogP contribution in [0.5, 0.6) is 0 Å². The van der Waals surface area contributed by atoms with E-state index in [2.05, 4.69) is 49.6 Å². The Kier molecular flexibility index (Phi) is 5.09. The normalized spacial score (nSPS) is 10.0. The molecule has 0 bridgehead atoms. The summed E-state index contributed by atoms with van der Waals surface area (Å²) >= 11 is 3.35. The number of hydrogen-bond donors (Lipinski definition) is 3. The first-order valence-corrected chi connectivity index (χ1v) is 7.26. The highest BCUT2D eigenvalue weighted by molar-refractivity contribution is 9.10. The number of aromatic nitrogens is 2. The smallest absolute Gasteiger partial charge is 0.145 e. The molecule has 0 radical (unpaired) electrons. The molecule has 0 saturated heterocycles. The van der Waals surface area contributed by atoms with Crippen molar-refractivity contribution in [2.24, 2.45) is 5.84 Å². The number of nitriles is 1. The maximum absolute atomic E-state index is 9.18. The van der Waals surface area contributed by atoms with Crippen LogP contribution in [0.3, 0.4) is 0 Å². The molecule has 7 heteroatoms. The monoisotopic (exact) mass is 346 g/mol. The molecule has 1 aromatic heterocycles. The molecule has 4 N–H and O–H groups in total. The Balaban J connectivity index is 2.35. The van der Waals surface area contributed by atoms with Crippen LogP contribution in [0, 0.1) is 11.3 Å². The Bertz CT molecular complexity index is 680. The SMILES string of the molecule is CCCc1nc(NN)cc(Nc2ccc(Br)cc2C#N)n1. The molecule has 108 valence electrons. The number of anilines is 3. The fourth-order valence-electron chi connectivity index (χ4n) is 1.83. The zero-order chi connectivity index (χ0) is 15.2. The molecule has 1 aromatic carbocycles. The largest absolute Gasteiger partial charge is 0.339 e.